The van der Waals surface area contributed by atoms with Crippen LogP contribution in [-0.4, -0.2) is 51.3 Å². The van der Waals surface area contributed by atoms with E-state index in [4.69, 9.17) is 9.84 Å². The number of benzene rings is 1. The van der Waals surface area contributed by atoms with E-state index >= 15 is 0 Å². The number of hydrogen-bond donors (Lipinski definition) is 2. The minimum atomic E-state index is -0.734. The van der Waals surface area contributed by atoms with Gasteiger partial charge in [0.2, 0.25) is 0 Å². The third-order valence-electron chi connectivity index (χ3n) is 6.41. The average Bonchev–Trinajstić information content (AvgIpc) is 3.39. The van der Waals surface area contributed by atoms with Crippen LogP contribution in [0.4, 0.5) is 5.82 Å². The summed E-state index contributed by atoms with van der Waals surface area (Å²) in [5.41, 5.74) is 4.02. The maximum absolute atomic E-state index is 11.0. The molecule has 1 unspecified atom stereocenters. The number of imidazole rings is 1. The van der Waals surface area contributed by atoms with Gasteiger partial charge >= 0.3 is 5.97 Å². The van der Waals surface area contributed by atoms with E-state index < -0.39 is 5.97 Å². The molecular formula is C25H32N4O3. The molecular weight excluding hydrogens is 404 g/mol. The number of pyridine rings is 1. The van der Waals surface area contributed by atoms with Gasteiger partial charge in [0.05, 0.1) is 29.7 Å². The molecule has 4 heterocycles. The van der Waals surface area contributed by atoms with E-state index in [1.807, 2.05) is 26.1 Å². The van der Waals surface area contributed by atoms with Crippen LogP contribution in [-0.2, 0) is 9.53 Å². The van der Waals surface area contributed by atoms with Gasteiger partial charge in [-0.1, -0.05) is 19.9 Å². The monoisotopic (exact) mass is 436 g/mol. The van der Waals surface area contributed by atoms with Crippen LogP contribution in [0.15, 0.2) is 36.5 Å². The van der Waals surface area contributed by atoms with Gasteiger partial charge in [-0.05, 0) is 61.9 Å². The standard InChI is InChI=1S/C23H26N4O3.C2H6/c1-15-2-4-18-19(10-15)26-22(25-18)17-3-5-20(24-13-17)27-8-6-23(7-9-27)12-16(14-30-23)11-21(28)29;1-2/h2-5,10,13,16H,6-9,11-12,14H2,1H3,(H,25,26)(H,28,29);1-2H3. The fourth-order valence-corrected chi connectivity index (χ4v) is 4.78. The van der Waals surface area contributed by atoms with Crippen molar-refractivity contribution >= 4 is 22.8 Å². The molecule has 3 aromatic rings. The van der Waals surface area contributed by atoms with Gasteiger partial charge in [-0.15, -0.1) is 0 Å². The summed E-state index contributed by atoms with van der Waals surface area (Å²) in [6, 6.07) is 10.3. The molecule has 7 heteroatoms. The topological polar surface area (TPSA) is 91.3 Å². The summed E-state index contributed by atoms with van der Waals surface area (Å²) >= 11 is 0. The summed E-state index contributed by atoms with van der Waals surface area (Å²) in [5, 5.41) is 9.03. The highest BCUT2D eigenvalue weighted by Gasteiger charge is 2.43. The number of nitrogens with one attached hydrogen (secondary N) is 1. The summed E-state index contributed by atoms with van der Waals surface area (Å²) in [7, 11) is 0. The molecule has 1 aromatic carbocycles. The number of aliphatic carboxylic acids is 1. The van der Waals surface area contributed by atoms with Gasteiger partial charge in [0.1, 0.15) is 11.6 Å². The predicted octanol–water partition coefficient (Wildman–Crippen LogP) is 4.81. The minimum Gasteiger partial charge on any atom is -0.481 e. The number of aromatic amines is 1. The van der Waals surface area contributed by atoms with Crippen LogP contribution < -0.4 is 4.90 Å². The van der Waals surface area contributed by atoms with Gasteiger partial charge in [-0.25, -0.2) is 9.97 Å². The second kappa shape index (κ2) is 9.28. The first-order chi connectivity index (χ1) is 15.5. The fraction of sp³-hybridized carbons (Fsp3) is 0.480. The van der Waals surface area contributed by atoms with E-state index in [1.165, 1.54) is 5.56 Å². The Bertz CT molecular complexity index is 1070. The molecule has 2 saturated heterocycles. The van der Waals surface area contributed by atoms with Gasteiger partial charge in [-0.2, -0.15) is 0 Å². The number of carbonyl (C=O) groups is 1. The molecule has 0 bridgehead atoms. The Labute approximate surface area is 188 Å². The van der Waals surface area contributed by atoms with Crippen LogP contribution in [0, 0.1) is 12.8 Å². The molecule has 2 aliphatic heterocycles. The molecule has 1 spiro atoms. The first-order valence-corrected chi connectivity index (χ1v) is 11.5. The summed E-state index contributed by atoms with van der Waals surface area (Å²) < 4.78 is 6.07. The highest BCUT2D eigenvalue weighted by Crippen LogP contribution is 2.40. The van der Waals surface area contributed by atoms with Crippen molar-refractivity contribution in [2.75, 3.05) is 24.6 Å². The average molecular weight is 437 g/mol. The van der Waals surface area contributed by atoms with E-state index in [0.29, 0.717) is 6.61 Å². The van der Waals surface area contributed by atoms with Crippen molar-refractivity contribution in [3.05, 3.63) is 42.1 Å². The highest BCUT2D eigenvalue weighted by atomic mass is 16.5. The van der Waals surface area contributed by atoms with Crippen LogP contribution in [0.3, 0.4) is 0 Å². The Morgan fingerprint density at radius 3 is 2.72 bits per heavy atom. The van der Waals surface area contributed by atoms with E-state index in [9.17, 15) is 4.79 Å². The van der Waals surface area contributed by atoms with Crippen LogP contribution in [0.5, 0.6) is 0 Å². The molecule has 0 aliphatic carbocycles. The highest BCUT2D eigenvalue weighted by molar-refractivity contribution is 5.80. The number of aryl methyl sites for hydroxylation is 1. The number of carboxylic acid groups (broad SMARTS) is 1. The van der Waals surface area contributed by atoms with Crippen molar-refractivity contribution in [3.8, 4) is 11.4 Å². The van der Waals surface area contributed by atoms with Crippen molar-refractivity contribution in [2.45, 2.75) is 52.1 Å². The Hall–Kier alpha value is -2.93. The fourth-order valence-electron chi connectivity index (χ4n) is 4.78. The second-order valence-corrected chi connectivity index (χ2v) is 8.66. The van der Waals surface area contributed by atoms with Crippen LogP contribution in [0.25, 0.3) is 22.4 Å². The van der Waals surface area contributed by atoms with Gasteiger partial charge in [0.25, 0.3) is 0 Å². The normalized spacial score (nSPS) is 19.7. The predicted molar refractivity (Wildman–Crippen MR) is 126 cm³/mol. The van der Waals surface area contributed by atoms with Gasteiger partial charge < -0.3 is 19.7 Å². The SMILES string of the molecule is CC.Cc1ccc2nc(-c3ccc(N4CCC5(CC4)CC(CC(=O)O)CO5)nc3)[nH]c2c1. The van der Waals surface area contributed by atoms with E-state index in [1.54, 1.807) is 0 Å². The quantitative estimate of drug-likeness (QED) is 0.610. The van der Waals surface area contributed by atoms with Gasteiger partial charge in [-0.3, -0.25) is 4.79 Å². The van der Waals surface area contributed by atoms with Crippen molar-refractivity contribution in [3.63, 3.8) is 0 Å². The maximum Gasteiger partial charge on any atom is 0.303 e. The zero-order valence-corrected chi connectivity index (χ0v) is 19.1. The molecule has 0 amide bonds. The van der Waals surface area contributed by atoms with E-state index in [2.05, 4.69) is 51.0 Å². The Balaban J connectivity index is 0.00000119. The molecule has 1 atom stereocenters. The maximum atomic E-state index is 11.0. The number of piperidine rings is 1. The Morgan fingerprint density at radius 2 is 2.03 bits per heavy atom. The van der Waals surface area contributed by atoms with E-state index in [0.717, 1.165) is 60.6 Å². The molecule has 32 heavy (non-hydrogen) atoms. The number of rotatable bonds is 4. The van der Waals surface area contributed by atoms with Crippen molar-refractivity contribution in [1.29, 1.82) is 0 Å². The van der Waals surface area contributed by atoms with Gasteiger partial charge in [0.15, 0.2) is 0 Å². The third kappa shape index (κ3) is 4.63. The Morgan fingerprint density at radius 1 is 1.25 bits per heavy atom. The number of anilines is 1. The van der Waals surface area contributed by atoms with E-state index in [-0.39, 0.29) is 17.9 Å². The van der Waals surface area contributed by atoms with Crippen molar-refractivity contribution in [2.24, 2.45) is 5.92 Å². The third-order valence-corrected chi connectivity index (χ3v) is 6.41. The molecule has 2 aliphatic rings. The summed E-state index contributed by atoms with van der Waals surface area (Å²) in [5.74, 6) is 1.19. The first-order valence-electron chi connectivity index (χ1n) is 11.5. The van der Waals surface area contributed by atoms with Crippen LogP contribution >= 0.6 is 0 Å². The number of aromatic nitrogens is 3. The lowest BCUT2D eigenvalue weighted by Crippen LogP contribution is -2.44. The molecule has 0 radical (unpaired) electrons. The zero-order valence-electron chi connectivity index (χ0n) is 19.1. The molecule has 2 fully saturated rings. The second-order valence-electron chi connectivity index (χ2n) is 8.66. The Kier molecular flexibility index (Phi) is 6.46. The molecule has 7 nitrogen and oxygen atoms in total. The van der Waals surface area contributed by atoms with Gasteiger partial charge in [0, 0.05) is 24.8 Å². The lowest BCUT2D eigenvalue weighted by molar-refractivity contribution is -0.138. The summed E-state index contributed by atoms with van der Waals surface area (Å²) in [4.78, 5) is 26.0. The molecule has 5 rings (SSSR count). The minimum absolute atomic E-state index is 0.138. The largest absolute Gasteiger partial charge is 0.481 e. The number of nitrogens with zero attached hydrogens (tertiary/aromatic N) is 3. The van der Waals surface area contributed by atoms with Crippen LogP contribution in [0.2, 0.25) is 0 Å². The first kappa shape index (κ1) is 22.3. The lowest BCUT2D eigenvalue weighted by atomic mass is 9.84. The summed E-state index contributed by atoms with van der Waals surface area (Å²) in [6.45, 7) is 8.38. The lowest BCUT2D eigenvalue weighted by Gasteiger charge is -2.39. The van der Waals surface area contributed by atoms with Crippen molar-refractivity contribution in [1.82, 2.24) is 15.0 Å². The summed E-state index contributed by atoms with van der Waals surface area (Å²) in [6.07, 6.45) is 4.76. The molecule has 170 valence electrons. The molecule has 0 saturated carbocycles. The molecule has 2 N–H and O–H groups in total. The number of hydrogen-bond acceptors (Lipinski definition) is 5. The number of ether oxygens (including phenoxy) is 1. The smallest absolute Gasteiger partial charge is 0.303 e. The molecule has 2 aromatic heterocycles. The number of fused-ring (bicyclic) bond motifs is 1. The number of carboxylic acids is 1. The van der Waals surface area contributed by atoms with Crippen molar-refractivity contribution < 1.29 is 14.6 Å². The number of H-pyrrole nitrogens is 1. The van der Waals surface area contributed by atoms with Crippen LogP contribution in [0.1, 0.15) is 45.1 Å². The zero-order chi connectivity index (χ0) is 22.7.